The molecule has 0 radical (unpaired) electrons. The first kappa shape index (κ1) is 11.8. The van der Waals surface area contributed by atoms with Crippen LogP contribution in [0.2, 0.25) is 0 Å². The van der Waals surface area contributed by atoms with E-state index in [1.54, 1.807) is 36.7 Å². The van der Waals surface area contributed by atoms with Gasteiger partial charge >= 0.3 is 0 Å². The molecule has 88 valence electrons. The predicted octanol–water partition coefficient (Wildman–Crippen LogP) is 2.51. The Morgan fingerprint density at radius 3 is 2.89 bits per heavy atom. The first-order valence-corrected chi connectivity index (χ1v) is 5.42. The molecule has 0 saturated heterocycles. The Bertz CT molecular complexity index is 629. The van der Waals surface area contributed by atoms with Crippen molar-refractivity contribution in [1.29, 1.82) is 5.26 Å². The molecule has 0 aliphatic carbocycles. The first-order valence-electron chi connectivity index (χ1n) is 5.42. The molecule has 2 aromatic rings. The van der Waals surface area contributed by atoms with Crippen molar-refractivity contribution in [2.75, 3.05) is 5.32 Å². The van der Waals surface area contributed by atoms with E-state index in [9.17, 15) is 4.79 Å². The number of carbonyl (C=O) groups is 1. The summed E-state index contributed by atoms with van der Waals surface area (Å²) in [7, 11) is 0. The van der Waals surface area contributed by atoms with Crippen LogP contribution in [0.3, 0.4) is 0 Å². The molecule has 1 amide bonds. The number of anilines is 1. The lowest BCUT2D eigenvalue weighted by atomic mass is 10.1. The van der Waals surface area contributed by atoms with Crippen LogP contribution < -0.4 is 5.32 Å². The molecule has 0 aliphatic heterocycles. The third-order valence-electron chi connectivity index (χ3n) is 2.39. The third kappa shape index (κ3) is 2.71. The van der Waals surface area contributed by atoms with E-state index in [1.807, 2.05) is 19.1 Å². The van der Waals surface area contributed by atoms with Crippen molar-refractivity contribution in [1.82, 2.24) is 4.98 Å². The molecule has 18 heavy (non-hydrogen) atoms. The molecule has 1 heterocycles. The highest BCUT2D eigenvalue weighted by molar-refractivity contribution is 6.04. The van der Waals surface area contributed by atoms with Gasteiger partial charge in [0.2, 0.25) is 0 Å². The van der Waals surface area contributed by atoms with E-state index in [1.165, 1.54) is 0 Å². The van der Waals surface area contributed by atoms with Crippen molar-refractivity contribution < 1.29 is 4.79 Å². The van der Waals surface area contributed by atoms with Crippen LogP contribution in [0.15, 0.2) is 42.7 Å². The normalized spacial score (nSPS) is 9.56. The number of nitrogens with one attached hydrogen (secondary N) is 1. The summed E-state index contributed by atoms with van der Waals surface area (Å²) >= 11 is 0. The summed E-state index contributed by atoms with van der Waals surface area (Å²) < 4.78 is 0. The molecule has 0 unspecified atom stereocenters. The monoisotopic (exact) mass is 237 g/mol. The molecule has 0 saturated carbocycles. The Balaban J connectivity index is 2.20. The van der Waals surface area contributed by atoms with Crippen LogP contribution in [-0.2, 0) is 0 Å². The van der Waals surface area contributed by atoms with Crippen molar-refractivity contribution in [3.05, 3.63) is 59.4 Å². The van der Waals surface area contributed by atoms with Gasteiger partial charge in [-0.25, -0.2) is 0 Å². The summed E-state index contributed by atoms with van der Waals surface area (Å²) in [6.45, 7) is 1.90. The lowest BCUT2D eigenvalue weighted by molar-refractivity contribution is 0.102. The van der Waals surface area contributed by atoms with Gasteiger partial charge in [-0.3, -0.25) is 9.78 Å². The molecule has 0 aliphatic rings. The Kier molecular flexibility index (Phi) is 3.35. The second-order valence-electron chi connectivity index (χ2n) is 3.90. The number of hydrogen-bond donors (Lipinski definition) is 1. The van der Waals surface area contributed by atoms with E-state index in [0.717, 1.165) is 5.56 Å². The lowest BCUT2D eigenvalue weighted by Gasteiger charge is -2.05. The van der Waals surface area contributed by atoms with Crippen LogP contribution >= 0.6 is 0 Å². The summed E-state index contributed by atoms with van der Waals surface area (Å²) in [4.78, 5) is 15.9. The van der Waals surface area contributed by atoms with Crippen molar-refractivity contribution in [2.45, 2.75) is 6.92 Å². The van der Waals surface area contributed by atoms with Crippen LogP contribution in [0, 0.1) is 18.3 Å². The van der Waals surface area contributed by atoms with Crippen molar-refractivity contribution >= 4 is 11.6 Å². The van der Waals surface area contributed by atoms with E-state index < -0.39 is 0 Å². The number of aryl methyl sites for hydroxylation is 1. The maximum atomic E-state index is 11.9. The van der Waals surface area contributed by atoms with Crippen LogP contribution in [0.5, 0.6) is 0 Å². The molecule has 0 bridgehead atoms. The molecular formula is C14H11N3O. The van der Waals surface area contributed by atoms with Crippen LogP contribution in [-0.4, -0.2) is 10.9 Å². The highest BCUT2D eigenvalue weighted by Crippen LogP contribution is 2.10. The molecule has 4 nitrogen and oxygen atoms in total. The Hall–Kier alpha value is -2.67. The molecular weight excluding hydrogens is 226 g/mol. The Morgan fingerprint density at radius 2 is 2.17 bits per heavy atom. The molecule has 4 heteroatoms. The van der Waals surface area contributed by atoms with Gasteiger partial charge in [0.05, 0.1) is 23.5 Å². The summed E-state index contributed by atoms with van der Waals surface area (Å²) in [5.41, 5.74) is 2.53. The van der Waals surface area contributed by atoms with E-state index >= 15 is 0 Å². The van der Waals surface area contributed by atoms with Gasteiger partial charge < -0.3 is 5.32 Å². The molecule has 1 N–H and O–H groups in total. The fourth-order valence-electron chi connectivity index (χ4n) is 1.56. The second kappa shape index (κ2) is 5.11. The maximum Gasteiger partial charge on any atom is 0.255 e. The quantitative estimate of drug-likeness (QED) is 0.872. The Labute approximate surface area is 105 Å². The highest BCUT2D eigenvalue weighted by atomic mass is 16.1. The lowest BCUT2D eigenvalue weighted by Crippen LogP contribution is -2.12. The number of hydrogen-bond acceptors (Lipinski definition) is 3. The largest absolute Gasteiger partial charge is 0.321 e. The molecule has 0 spiro atoms. The summed E-state index contributed by atoms with van der Waals surface area (Å²) in [5.74, 6) is -0.250. The van der Waals surface area contributed by atoms with Crippen molar-refractivity contribution in [3.8, 4) is 6.07 Å². The van der Waals surface area contributed by atoms with E-state index in [2.05, 4.69) is 10.3 Å². The Morgan fingerprint density at radius 1 is 1.33 bits per heavy atom. The summed E-state index contributed by atoms with van der Waals surface area (Å²) in [6, 6.07) is 10.4. The average Bonchev–Trinajstić information content (AvgIpc) is 2.39. The third-order valence-corrected chi connectivity index (χ3v) is 2.39. The first-order chi connectivity index (χ1) is 8.69. The number of benzene rings is 1. The smallest absolute Gasteiger partial charge is 0.255 e. The number of rotatable bonds is 2. The number of aromatic nitrogens is 1. The number of pyridine rings is 1. The van der Waals surface area contributed by atoms with Gasteiger partial charge in [0.25, 0.3) is 5.91 Å². The minimum Gasteiger partial charge on any atom is -0.321 e. The van der Waals surface area contributed by atoms with Crippen LogP contribution in [0.4, 0.5) is 5.69 Å². The fraction of sp³-hybridized carbons (Fsp3) is 0.0714. The predicted molar refractivity (Wildman–Crippen MR) is 68.1 cm³/mol. The van der Waals surface area contributed by atoms with E-state index in [4.69, 9.17) is 5.26 Å². The SMILES string of the molecule is Cc1cncc(NC(=O)c2cccc(C#N)c2)c1. The molecule has 0 fully saturated rings. The van der Waals surface area contributed by atoms with E-state index in [-0.39, 0.29) is 5.91 Å². The van der Waals surface area contributed by atoms with Crippen molar-refractivity contribution in [3.63, 3.8) is 0 Å². The minimum absolute atomic E-state index is 0.250. The molecule has 2 rings (SSSR count). The highest BCUT2D eigenvalue weighted by Gasteiger charge is 2.06. The zero-order valence-corrected chi connectivity index (χ0v) is 9.84. The van der Waals surface area contributed by atoms with Gasteiger partial charge in [-0.1, -0.05) is 6.07 Å². The number of amides is 1. The zero-order chi connectivity index (χ0) is 13.0. The maximum absolute atomic E-state index is 11.9. The average molecular weight is 237 g/mol. The topological polar surface area (TPSA) is 65.8 Å². The van der Waals surface area contributed by atoms with E-state index in [0.29, 0.717) is 16.8 Å². The fourth-order valence-corrected chi connectivity index (χ4v) is 1.56. The van der Waals surface area contributed by atoms with Gasteiger partial charge in [0, 0.05) is 11.8 Å². The molecule has 0 atom stereocenters. The van der Waals surface area contributed by atoms with Gasteiger partial charge in [-0.2, -0.15) is 5.26 Å². The van der Waals surface area contributed by atoms with Gasteiger partial charge in [0.15, 0.2) is 0 Å². The molecule has 1 aromatic heterocycles. The molecule has 1 aromatic carbocycles. The number of carbonyl (C=O) groups excluding carboxylic acids is 1. The van der Waals surface area contributed by atoms with Crippen molar-refractivity contribution in [2.24, 2.45) is 0 Å². The summed E-state index contributed by atoms with van der Waals surface area (Å²) in [5, 5.41) is 11.5. The number of nitrogens with zero attached hydrogens (tertiary/aromatic N) is 2. The number of nitriles is 1. The van der Waals surface area contributed by atoms with Crippen LogP contribution in [0.1, 0.15) is 21.5 Å². The van der Waals surface area contributed by atoms with Gasteiger partial charge in [-0.05, 0) is 36.8 Å². The second-order valence-corrected chi connectivity index (χ2v) is 3.90. The standard InChI is InChI=1S/C14H11N3O/c1-10-5-13(9-16-8-10)17-14(18)12-4-2-3-11(6-12)7-15/h2-6,8-9H,1H3,(H,17,18). The summed E-state index contributed by atoms with van der Waals surface area (Å²) in [6.07, 6.45) is 3.30. The minimum atomic E-state index is -0.250. The zero-order valence-electron chi connectivity index (χ0n) is 9.84. The van der Waals surface area contributed by atoms with Gasteiger partial charge in [-0.15, -0.1) is 0 Å². The van der Waals surface area contributed by atoms with Crippen LogP contribution in [0.25, 0.3) is 0 Å². The van der Waals surface area contributed by atoms with Gasteiger partial charge in [0.1, 0.15) is 0 Å².